The molecule has 1 fully saturated rings. The average Bonchev–Trinajstić information content (AvgIpc) is 3.54. The highest BCUT2D eigenvalue weighted by Crippen LogP contribution is 2.39. The largest absolute Gasteiger partial charge is 0.465 e. The highest BCUT2D eigenvalue weighted by atomic mass is 32.1. The fraction of sp³-hybridized carbons (Fsp3) is 0.321. The molecule has 0 aliphatic carbocycles. The molecule has 0 saturated carbocycles. The average molecular weight is 631 g/mol. The molecule has 3 aromatic heterocycles. The van der Waals surface area contributed by atoms with Crippen LogP contribution in [0.1, 0.15) is 44.1 Å². The number of halogens is 2. The van der Waals surface area contributed by atoms with Crippen molar-refractivity contribution in [1.29, 1.82) is 0 Å². The molecule has 1 atom stereocenters. The first-order chi connectivity index (χ1) is 20.4. The standard InChI is InChI=1S/C28H28F2N6O5S2/c1-28(2,3)41-27(40)35-25-20(34-24(43-25)19-16(29)7-4-8-17(19)30)22(37)33-18-12-31-23-15(9-11-42-23)21(18)36-10-5-6-14(13-36)32-26(38)39/h4,7-9,11-12,14,32H,5-6,10,13H2,1-3H3,(H,33,37)(H,35,40)(H,38,39)/t14-/m0/s1. The van der Waals surface area contributed by atoms with Crippen molar-refractivity contribution in [2.75, 3.05) is 28.6 Å². The summed E-state index contributed by atoms with van der Waals surface area (Å²) in [4.78, 5) is 49.1. The summed E-state index contributed by atoms with van der Waals surface area (Å²) in [5.74, 6) is -2.53. The molecule has 0 spiro atoms. The van der Waals surface area contributed by atoms with Gasteiger partial charge >= 0.3 is 12.2 Å². The third-order valence-corrected chi connectivity index (χ3v) is 8.22. The van der Waals surface area contributed by atoms with Crippen LogP contribution in [0.3, 0.4) is 0 Å². The maximum Gasteiger partial charge on any atom is 0.412 e. The monoisotopic (exact) mass is 630 g/mol. The Hall–Kier alpha value is -4.37. The summed E-state index contributed by atoms with van der Waals surface area (Å²) < 4.78 is 34.6. The maximum absolute atomic E-state index is 14.7. The Balaban J connectivity index is 1.52. The maximum atomic E-state index is 14.7. The number of benzene rings is 1. The number of nitrogens with one attached hydrogen (secondary N) is 3. The van der Waals surface area contributed by atoms with Gasteiger partial charge in [-0.05, 0) is 57.2 Å². The Labute approximate surface area is 252 Å². The Morgan fingerprint density at radius 1 is 1.14 bits per heavy atom. The number of nitrogens with zero attached hydrogens (tertiary/aromatic N) is 3. The lowest BCUT2D eigenvalue weighted by atomic mass is 10.0. The van der Waals surface area contributed by atoms with Gasteiger partial charge in [0, 0.05) is 24.5 Å². The molecular formula is C28H28F2N6O5S2. The van der Waals surface area contributed by atoms with Crippen molar-refractivity contribution in [2.24, 2.45) is 0 Å². The predicted molar refractivity (Wildman–Crippen MR) is 161 cm³/mol. The Morgan fingerprint density at radius 3 is 2.58 bits per heavy atom. The van der Waals surface area contributed by atoms with Crippen molar-refractivity contribution < 1.29 is 33.0 Å². The number of ether oxygens (including phenoxy) is 1. The zero-order valence-corrected chi connectivity index (χ0v) is 25.0. The summed E-state index contributed by atoms with van der Waals surface area (Å²) >= 11 is 2.14. The van der Waals surface area contributed by atoms with E-state index in [1.807, 2.05) is 16.3 Å². The summed E-state index contributed by atoms with van der Waals surface area (Å²) in [7, 11) is 0. The lowest BCUT2D eigenvalue weighted by molar-refractivity contribution is 0.0636. The number of hydrogen-bond acceptors (Lipinski definition) is 9. The number of rotatable bonds is 6. The summed E-state index contributed by atoms with van der Waals surface area (Å²) in [6.45, 7) is 5.97. The number of piperidine rings is 1. The third kappa shape index (κ3) is 6.83. The van der Waals surface area contributed by atoms with Crippen molar-refractivity contribution in [3.05, 3.63) is 53.2 Å². The van der Waals surface area contributed by atoms with E-state index in [0.717, 1.165) is 33.7 Å². The van der Waals surface area contributed by atoms with Gasteiger partial charge in [0.2, 0.25) is 0 Å². The van der Waals surface area contributed by atoms with E-state index >= 15 is 0 Å². The SMILES string of the molecule is CC(C)(C)OC(=O)Nc1sc(-c2c(F)cccc2F)nc1C(=O)Nc1cnc2sccc2c1N1CCC[C@H](NC(=O)O)C1. The topological polar surface area (TPSA) is 146 Å². The van der Waals surface area contributed by atoms with E-state index in [9.17, 15) is 28.3 Å². The van der Waals surface area contributed by atoms with E-state index in [1.165, 1.54) is 23.6 Å². The summed E-state index contributed by atoms with van der Waals surface area (Å²) in [5.41, 5.74) is -0.605. The lowest BCUT2D eigenvalue weighted by Gasteiger charge is -2.35. The number of carbonyl (C=O) groups is 3. The summed E-state index contributed by atoms with van der Waals surface area (Å²) in [6.07, 6.45) is 0.867. The summed E-state index contributed by atoms with van der Waals surface area (Å²) in [6, 6.07) is 4.89. The van der Waals surface area contributed by atoms with Gasteiger partial charge in [-0.25, -0.2) is 28.3 Å². The van der Waals surface area contributed by atoms with Gasteiger partial charge in [0.25, 0.3) is 5.91 Å². The fourth-order valence-electron chi connectivity index (χ4n) is 4.76. The van der Waals surface area contributed by atoms with Gasteiger partial charge in [0.05, 0.1) is 23.1 Å². The molecule has 1 aliphatic heterocycles. The molecule has 0 bridgehead atoms. The summed E-state index contributed by atoms with van der Waals surface area (Å²) in [5, 5.41) is 19.5. The number of thiophene rings is 1. The highest BCUT2D eigenvalue weighted by Gasteiger charge is 2.29. The minimum atomic E-state index is -1.12. The van der Waals surface area contributed by atoms with Crippen LogP contribution < -0.4 is 20.9 Å². The molecule has 11 nitrogen and oxygen atoms in total. The minimum absolute atomic E-state index is 0.0702. The molecule has 226 valence electrons. The molecule has 0 radical (unpaired) electrons. The van der Waals surface area contributed by atoms with Gasteiger partial charge in [-0.15, -0.1) is 11.3 Å². The quantitative estimate of drug-likeness (QED) is 0.188. The third-order valence-electron chi connectivity index (χ3n) is 6.41. The van der Waals surface area contributed by atoms with Crippen LogP contribution in [0.5, 0.6) is 0 Å². The number of carboxylic acid groups (broad SMARTS) is 1. The van der Waals surface area contributed by atoms with Crippen molar-refractivity contribution in [2.45, 2.75) is 45.3 Å². The second-order valence-electron chi connectivity index (χ2n) is 10.8. The van der Waals surface area contributed by atoms with Crippen LogP contribution in [-0.4, -0.2) is 57.9 Å². The van der Waals surface area contributed by atoms with Crippen molar-refractivity contribution in [3.63, 3.8) is 0 Å². The smallest absolute Gasteiger partial charge is 0.412 e. The minimum Gasteiger partial charge on any atom is -0.465 e. The molecule has 1 aromatic carbocycles. The second-order valence-corrected chi connectivity index (χ2v) is 12.7. The van der Waals surface area contributed by atoms with Gasteiger partial charge in [0.1, 0.15) is 32.1 Å². The first-order valence-corrected chi connectivity index (χ1v) is 15.0. The fourth-order valence-corrected chi connectivity index (χ4v) is 6.50. The molecular weight excluding hydrogens is 602 g/mol. The molecule has 4 N–H and O–H groups in total. The zero-order chi connectivity index (χ0) is 30.9. The lowest BCUT2D eigenvalue weighted by Crippen LogP contribution is -2.47. The predicted octanol–water partition coefficient (Wildman–Crippen LogP) is 6.53. The van der Waals surface area contributed by atoms with Crippen LogP contribution in [0.4, 0.5) is 34.7 Å². The number of fused-ring (bicyclic) bond motifs is 1. The van der Waals surface area contributed by atoms with Gasteiger partial charge in [-0.2, -0.15) is 0 Å². The van der Waals surface area contributed by atoms with Gasteiger partial charge in [0.15, 0.2) is 5.69 Å². The Kier molecular flexibility index (Phi) is 8.46. The number of aromatic nitrogens is 2. The van der Waals surface area contributed by atoms with Crippen molar-refractivity contribution in [3.8, 4) is 10.6 Å². The molecule has 0 unspecified atom stereocenters. The first-order valence-electron chi connectivity index (χ1n) is 13.3. The van der Waals surface area contributed by atoms with Crippen molar-refractivity contribution in [1.82, 2.24) is 15.3 Å². The molecule has 1 aliphatic rings. The number of hydrogen-bond donors (Lipinski definition) is 4. The molecule has 1 saturated heterocycles. The van der Waals surface area contributed by atoms with Gasteiger partial charge in [-0.3, -0.25) is 10.1 Å². The molecule has 43 heavy (non-hydrogen) atoms. The molecule has 15 heteroatoms. The van der Waals surface area contributed by atoms with Gasteiger partial charge < -0.3 is 25.4 Å². The van der Waals surface area contributed by atoms with Crippen LogP contribution in [0.15, 0.2) is 35.8 Å². The Morgan fingerprint density at radius 2 is 1.88 bits per heavy atom. The van der Waals surface area contributed by atoms with Crippen LogP contribution >= 0.6 is 22.7 Å². The van der Waals surface area contributed by atoms with E-state index in [2.05, 4.69) is 25.9 Å². The van der Waals surface area contributed by atoms with E-state index in [4.69, 9.17) is 4.74 Å². The number of amides is 3. The highest BCUT2D eigenvalue weighted by molar-refractivity contribution is 7.19. The normalized spacial score (nSPS) is 15.3. The van der Waals surface area contributed by atoms with Gasteiger partial charge in [-0.1, -0.05) is 17.4 Å². The first kappa shape index (κ1) is 30.1. The molecule has 4 aromatic rings. The second kappa shape index (κ2) is 12.1. The van der Waals surface area contributed by atoms with E-state index in [0.29, 0.717) is 37.3 Å². The van der Waals surface area contributed by atoms with Crippen molar-refractivity contribution >= 4 is 67.4 Å². The van der Waals surface area contributed by atoms with Crippen LogP contribution in [0.25, 0.3) is 20.8 Å². The molecule has 3 amide bonds. The number of thiazole rings is 1. The zero-order valence-electron chi connectivity index (χ0n) is 23.4. The molecule has 4 heterocycles. The van der Waals surface area contributed by atoms with Crippen LogP contribution in [-0.2, 0) is 4.74 Å². The Bertz CT molecular complexity index is 1680. The van der Waals surface area contributed by atoms with Crippen LogP contribution in [0, 0.1) is 11.6 Å². The van der Waals surface area contributed by atoms with E-state index < -0.39 is 40.9 Å². The van der Waals surface area contributed by atoms with E-state index in [-0.39, 0.29) is 21.7 Å². The number of pyridine rings is 1. The van der Waals surface area contributed by atoms with Crippen LogP contribution in [0.2, 0.25) is 0 Å². The number of carbonyl (C=O) groups excluding carboxylic acids is 2. The molecule has 5 rings (SSSR count). The van der Waals surface area contributed by atoms with E-state index in [1.54, 1.807) is 20.8 Å². The number of anilines is 3.